The predicted molar refractivity (Wildman–Crippen MR) is 78.7 cm³/mol. The van der Waals surface area contributed by atoms with Crippen molar-refractivity contribution in [2.75, 3.05) is 0 Å². The molecule has 1 N–H and O–H groups in total. The average molecular weight is 282 g/mol. The second-order valence-corrected chi connectivity index (χ2v) is 4.88. The molecule has 1 heterocycles. The highest BCUT2D eigenvalue weighted by atomic mass is 16.5. The van der Waals surface area contributed by atoms with Gasteiger partial charge in [-0.2, -0.15) is 0 Å². The van der Waals surface area contributed by atoms with Crippen molar-refractivity contribution in [2.24, 2.45) is 0 Å². The van der Waals surface area contributed by atoms with E-state index in [-0.39, 0.29) is 5.56 Å². The van der Waals surface area contributed by atoms with Crippen LogP contribution < -0.4 is 4.74 Å². The van der Waals surface area contributed by atoms with Gasteiger partial charge in [0.15, 0.2) is 0 Å². The van der Waals surface area contributed by atoms with Gasteiger partial charge in [-0.3, -0.25) is 0 Å². The second-order valence-electron chi connectivity index (χ2n) is 4.88. The molecule has 0 radical (unpaired) electrons. The molecule has 3 rings (SSSR count). The van der Waals surface area contributed by atoms with Crippen LogP contribution in [0.15, 0.2) is 53.1 Å². The third-order valence-corrected chi connectivity index (χ3v) is 3.28. The number of furan rings is 1. The van der Waals surface area contributed by atoms with Gasteiger partial charge in [0.1, 0.15) is 17.9 Å². The summed E-state index contributed by atoms with van der Waals surface area (Å²) in [5.41, 5.74) is 2.84. The van der Waals surface area contributed by atoms with E-state index < -0.39 is 5.97 Å². The predicted octanol–water partition coefficient (Wildman–Crippen LogP) is 4.02. The summed E-state index contributed by atoms with van der Waals surface area (Å²) in [6, 6.07) is 12.6. The van der Waals surface area contributed by atoms with Gasteiger partial charge in [0.05, 0.1) is 11.8 Å². The Morgan fingerprint density at radius 3 is 2.86 bits per heavy atom. The lowest BCUT2D eigenvalue weighted by molar-refractivity contribution is 0.0697. The molecule has 0 aliphatic rings. The van der Waals surface area contributed by atoms with E-state index in [1.165, 1.54) is 6.07 Å². The molecule has 0 amide bonds. The first-order valence-electron chi connectivity index (χ1n) is 6.56. The van der Waals surface area contributed by atoms with Crippen LogP contribution >= 0.6 is 0 Å². The summed E-state index contributed by atoms with van der Waals surface area (Å²) >= 11 is 0. The van der Waals surface area contributed by atoms with Crippen LogP contribution in [0.5, 0.6) is 5.75 Å². The number of aromatic carboxylic acids is 1. The van der Waals surface area contributed by atoms with E-state index in [0.717, 1.165) is 22.3 Å². The van der Waals surface area contributed by atoms with E-state index in [0.29, 0.717) is 12.2 Å². The summed E-state index contributed by atoms with van der Waals surface area (Å²) in [5, 5.41) is 9.82. The van der Waals surface area contributed by atoms with Crippen LogP contribution in [-0.4, -0.2) is 11.1 Å². The number of carbonyl (C=O) groups is 1. The molecule has 4 nitrogen and oxygen atoms in total. The molecule has 0 atom stereocenters. The fourth-order valence-electron chi connectivity index (χ4n) is 2.19. The molecule has 0 aliphatic heterocycles. The number of carboxylic acid groups (broad SMARTS) is 1. The zero-order chi connectivity index (χ0) is 14.8. The molecule has 0 saturated carbocycles. The van der Waals surface area contributed by atoms with Crippen molar-refractivity contribution in [3.05, 3.63) is 65.4 Å². The summed E-state index contributed by atoms with van der Waals surface area (Å²) in [7, 11) is 0. The second kappa shape index (κ2) is 5.32. The topological polar surface area (TPSA) is 59.7 Å². The van der Waals surface area contributed by atoms with Crippen LogP contribution in [0, 0.1) is 6.92 Å². The van der Waals surface area contributed by atoms with E-state index >= 15 is 0 Å². The number of aryl methyl sites for hydroxylation is 1. The zero-order valence-electron chi connectivity index (χ0n) is 11.5. The minimum absolute atomic E-state index is 0.237. The molecule has 1 aromatic heterocycles. The SMILES string of the molecule is Cc1cccc(OCc2coc3ccc(C(=O)O)cc23)c1. The highest BCUT2D eigenvalue weighted by Crippen LogP contribution is 2.24. The molecular formula is C17H14O4. The maximum absolute atomic E-state index is 11.0. The summed E-state index contributed by atoms with van der Waals surface area (Å²) in [6.45, 7) is 2.33. The molecule has 3 aromatic rings. The van der Waals surface area contributed by atoms with Gasteiger partial charge in [-0.05, 0) is 42.8 Å². The number of fused-ring (bicyclic) bond motifs is 1. The fourth-order valence-corrected chi connectivity index (χ4v) is 2.19. The van der Waals surface area contributed by atoms with Gasteiger partial charge in [-0.15, -0.1) is 0 Å². The normalized spacial score (nSPS) is 10.7. The molecule has 106 valence electrons. The highest BCUT2D eigenvalue weighted by molar-refractivity contribution is 5.93. The molecule has 2 aromatic carbocycles. The van der Waals surface area contributed by atoms with Gasteiger partial charge in [-0.1, -0.05) is 12.1 Å². The van der Waals surface area contributed by atoms with E-state index in [9.17, 15) is 4.79 Å². The van der Waals surface area contributed by atoms with Crippen LogP contribution in [-0.2, 0) is 6.61 Å². The van der Waals surface area contributed by atoms with E-state index in [4.69, 9.17) is 14.3 Å². The third-order valence-electron chi connectivity index (χ3n) is 3.28. The van der Waals surface area contributed by atoms with Gasteiger partial charge in [0.2, 0.25) is 0 Å². The fraction of sp³-hybridized carbons (Fsp3) is 0.118. The Balaban J connectivity index is 1.86. The quantitative estimate of drug-likeness (QED) is 0.785. The number of benzene rings is 2. The maximum atomic E-state index is 11.0. The number of hydrogen-bond donors (Lipinski definition) is 1. The van der Waals surface area contributed by atoms with Crippen molar-refractivity contribution < 1.29 is 19.1 Å². The summed E-state index contributed by atoms with van der Waals surface area (Å²) in [5.74, 6) is -0.178. The smallest absolute Gasteiger partial charge is 0.335 e. The van der Waals surface area contributed by atoms with E-state index in [1.54, 1.807) is 18.4 Å². The molecule has 0 spiro atoms. The summed E-state index contributed by atoms with van der Waals surface area (Å²) < 4.78 is 11.2. The highest BCUT2D eigenvalue weighted by Gasteiger charge is 2.10. The molecule has 21 heavy (non-hydrogen) atoms. The Hall–Kier alpha value is -2.75. The first kappa shape index (κ1) is 13.2. The van der Waals surface area contributed by atoms with Gasteiger partial charge in [-0.25, -0.2) is 4.79 Å². The van der Waals surface area contributed by atoms with Crippen LogP contribution in [0.25, 0.3) is 11.0 Å². The molecule has 0 unspecified atom stereocenters. The lowest BCUT2D eigenvalue weighted by atomic mass is 10.1. The summed E-state index contributed by atoms with van der Waals surface area (Å²) in [6.07, 6.45) is 1.60. The molecule has 0 saturated heterocycles. The lowest BCUT2D eigenvalue weighted by Gasteiger charge is -2.05. The van der Waals surface area contributed by atoms with Gasteiger partial charge in [0, 0.05) is 10.9 Å². The van der Waals surface area contributed by atoms with Gasteiger partial charge in [0.25, 0.3) is 0 Å². The molecule has 4 heteroatoms. The van der Waals surface area contributed by atoms with Gasteiger partial charge >= 0.3 is 5.97 Å². The standard InChI is InChI=1S/C17H14O4/c1-11-3-2-4-14(7-11)20-9-13-10-21-16-6-5-12(17(18)19)8-15(13)16/h2-8,10H,9H2,1H3,(H,18,19). The van der Waals surface area contributed by atoms with Crippen LogP contribution in [0.3, 0.4) is 0 Å². The maximum Gasteiger partial charge on any atom is 0.335 e. The Kier molecular flexibility index (Phi) is 3.36. The van der Waals surface area contributed by atoms with Gasteiger partial charge < -0.3 is 14.3 Å². The summed E-state index contributed by atoms with van der Waals surface area (Å²) in [4.78, 5) is 11.0. The Morgan fingerprint density at radius 2 is 2.10 bits per heavy atom. The van der Waals surface area contributed by atoms with E-state index in [2.05, 4.69) is 0 Å². The van der Waals surface area contributed by atoms with Crippen LogP contribution in [0.1, 0.15) is 21.5 Å². The lowest BCUT2D eigenvalue weighted by Crippen LogP contribution is -1.97. The third kappa shape index (κ3) is 2.74. The van der Waals surface area contributed by atoms with Crippen molar-refractivity contribution in [3.63, 3.8) is 0 Å². The van der Waals surface area contributed by atoms with Crippen molar-refractivity contribution in [1.82, 2.24) is 0 Å². The van der Waals surface area contributed by atoms with Crippen molar-refractivity contribution in [3.8, 4) is 5.75 Å². The van der Waals surface area contributed by atoms with Crippen molar-refractivity contribution >= 4 is 16.9 Å². The Morgan fingerprint density at radius 1 is 1.24 bits per heavy atom. The number of carboxylic acids is 1. The minimum atomic E-state index is -0.955. The minimum Gasteiger partial charge on any atom is -0.489 e. The Bertz CT molecular complexity index is 801. The Labute approximate surface area is 121 Å². The van der Waals surface area contributed by atoms with E-state index in [1.807, 2.05) is 31.2 Å². The van der Waals surface area contributed by atoms with Crippen molar-refractivity contribution in [2.45, 2.75) is 13.5 Å². The van der Waals surface area contributed by atoms with Crippen molar-refractivity contribution in [1.29, 1.82) is 0 Å². The number of rotatable bonds is 4. The number of hydrogen-bond acceptors (Lipinski definition) is 3. The van der Waals surface area contributed by atoms with Crippen LogP contribution in [0.4, 0.5) is 0 Å². The molecule has 0 bridgehead atoms. The first-order chi connectivity index (χ1) is 10.1. The first-order valence-corrected chi connectivity index (χ1v) is 6.56. The number of ether oxygens (including phenoxy) is 1. The molecule has 0 aliphatic carbocycles. The molecule has 0 fully saturated rings. The van der Waals surface area contributed by atoms with Crippen LogP contribution in [0.2, 0.25) is 0 Å². The molecular weight excluding hydrogens is 268 g/mol. The monoisotopic (exact) mass is 282 g/mol. The largest absolute Gasteiger partial charge is 0.489 e. The zero-order valence-corrected chi connectivity index (χ0v) is 11.5. The average Bonchev–Trinajstić information content (AvgIpc) is 2.87.